The van der Waals surface area contributed by atoms with Crippen LogP contribution in [-0.4, -0.2) is 9.36 Å². The fraction of sp³-hybridized carbons (Fsp3) is 0.111. The molecule has 0 aliphatic heterocycles. The van der Waals surface area contributed by atoms with E-state index >= 15 is 0 Å². The third-order valence-electron chi connectivity index (χ3n) is 1.62. The van der Waals surface area contributed by atoms with E-state index in [2.05, 4.69) is 9.36 Å². The number of aromatic nitrogens is 2. The molecule has 0 unspecified atom stereocenters. The van der Waals surface area contributed by atoms with E-state index in [4.69, 9.17) is 10.5 Å². The third-order valence-corrected chi connectivity index (χ3v) is 2.15. The molecule has 0 aliphatic rings. The van der Waals surface area contributed by atoms with E-state index in [-0.39, 0.29) is 0 Å². The summed E-state index contributed by atoms with van der Waals surface area (Å²) in [7, 11) is 0. The van der Waals surface area contributed by atoms with Crippen molar-refractivity contribution in [1.82, 2.24) is 9.36 Å². The van der Waals surface area contributed by atoms with E-state index in [1.54, 1.807) is 0 Å². The van der Waals surface area contributed by atoms with Gasteiger partial charge in [0.2, 0.25) is 5.13 Å². The predicted octanol–water partition coefficient (Wildman–Crippen LogP) is 2.22. The smallest absolute Gasteiger partial charge is 0.335 e. The molecule has 0 bridgehead atoms. The zero-order chi connectivity index (χ0) is 9.97. The van der Waals surface area contributed by atoms with Crippen LogP contribution in [0, 0.1) is 6.92 Å². The van der Waals surface area contributed by atoms with Gasteiger partial charge in [0, 0.05) is 11.5 Å². The lowest BCUT2D eigenvalue weighted by atomic mass is 10.2. The van der Waals surface area contributed by atoms with E-state index in [0.29, 0.717) is 11.1 Å². The number of aryl methyl sites for hydroxylation is 1. The highest BCUT2D eigenvalue weighted by Gasteiger charge is 2.02. The molecule has 1 heterocycles. The Kier molecular flexibility index (Phi) is 2.32. The predicted molar refractivity (Wildman–Crippen MR) is 55.6 cm³/mol. The van der Waals surface area contributed by atoms with Crippen molar-refractivity contribution in [2.75, 3.05) is 5.73 Å². The molecule has 2 aromatic rings. The largest absolute Gasteiger partial charge is 0.424 e. The molecule has 1 aromatic heterocycles. The minimum absolute atomic E-state index is 0.304. The molecule has 0 atom stereocenters. The van der Waals surface area contributed by atoms with Crippen LogP contribution in [0.25, 0.3) is 0 Å². The summed E-state index contributed by atoms with van der Waals surface area (Å²) in [5.74, 6) is 0.725. The monoisotopic (exact) mass is 207 g/mol. The summed E-state index contributed by atoms with van der Waals surface area (Å²) in [6, 6.07) is 7.98. The number of benzene rings is 1. The summed E-state index contributed by atoms with van der Waals surface area (Å²) in [6.07, 6.45) is 0. The summed E-state index contributed by atoms with van der Waals surface area (Å²) < 4.78 is 9.31. The second-order valence-electron chi connectivity index (χ2n) is 2.83. The second-order valence-corrected chi connectivity index (χ2v) is 3.62. The van der Waals surface area contributed by atoms with Crippen LogP contribution in [0.2, 0.25) is 0 Å². The molecular formula is C9H9N3OS. The fourth-order valence-corrected chi connectivity index (χ4v) is 1.42. The molecule has 0 fully saturated rings. The highest BCUT2D eigenvalue weighted by atomic mass is 32.1. The van der Waals surface area contributed by atoms with Crippen LogP contribution in [0.5, 0.6) is 11.8 Å². The van der Waals surface area contributed by atoms with Gasteiger partial charge in [-0.05, 0) is 24.6 Å². The van der Waals surface area contributed by atoms with E-state index in [9.17, 15) is 0 Å². The minimum Gasteiger partial charge on any atom is -0.424 e. The molecule has 0 saturated heterocycles. The van der Waals surface area contributed by atoms with E-state index in [1.165, 1.54) is 0 Å². The van der Waals surface area contributed by atoms with Gasteiger partial charge in [0.25, 0.3) is 0 Å². The first kappa shape index (κ1) is 8.96. The molecule has 72 valence electrons. The summed E-state index contributed by atoms with van der Waals surface area (Å²) in [6.45, 7) is 2.00. The van der Waals surface area contributed by atoms with E-state index in [1.807, 2.05) is 31.2 Å². The molecule has 0 amide bonds. The van der Waals surface area contributed by atoms with Gasteiger partial charge in [-0.15, -0.1) is 4.37 Å². The van der Waals surface area contributed by atoms with E-state index < -0.39 is 0 Å². The van der Waals surface area contributed by atoms with Crippen molar-refractivity contribution >= 4 is 16.7 Å². The Labute approximate surface area is 85.5 Å². The Morgan fingerprint density at radius 2 is 2.29 bits per heavy atom. The average molecular weight is 207 g/mol. The number of nitrogens with two attached hydrogens (primary N) is 1. The van der Waals surface area contributed by atoms with Gasteiger partial charge in [0.1, 0.15) is 5.75 Å². The molecule has 0 spiro atoms. The molecule has 2 N–H and O–H groups in total. The van der Waals surface area contributed by atoms with Gasteiger partial charge in [-0.3, -0.25) is 0 Å². The molecule has 1 aromatic carbocycles. The second kappa shape index (κ2) is 3.63. The fourth-order valence-electron chi connectivity index (χ4n) is 1.05. The Morgan fingerprint density at radius 1 is 1.43 bits per heavy atom. The normalized spacial score (nSPS) is 10.1. The lowest BCUT2D eigenvalue weighted by Crippen LogP contribution is -1.87. The standard InChI is InChI=1S/C9H9N3OS/c1-6-3-2-4-7(5-6)13-9-11-8(10)14-12-9/h2-5H,1H3,(H2,10,11,12). The number of ether oxygens (including phenoxy) is 1. The summed E-state index contributed by atoms with van der Waals surface area (Å²) >= 11 is 1.12. The van der Waals surface area contributed by atoms with Gasteiger partial charge in [-0.25, -0.2) is 0 Å². The first-order valence-electron chi connectivity index (χ1n) is 4.08. The van der Waals surface area contributed by atoms with Crippen molar-refractivity contribution in [3.8, 4) is 11.8 Å². The van der Waals surface area contributed by atoms with Crippen molar-refractivity contribution < 1.29 is 4.74 Å². The van der Waals surface area contributed by atoms with Crippen LogP contribution >= 0.6 is 11.5 Å². The third kappa shape index (κ3) is 2.00. The van der Waals surface area contributed by atoms with Gasteiger partial charge in [0.15, 0.2) is 0 Å². The number of hydrogen-bond donors (Lipinski definition) is 1. The van der Waals surface area contributed by atoms with Crippen molar-refractivity contribution in [3.63, 3.8) is 0 Å². The first-order valence-corrected chi connectivity index (χ1v) is 4.85. The zero-order valence-electron chi connectivity index (χ0n) is 7.60. The Morgan fingerprint density at radius 3 is 2.93 bits per heavy atom. The molecule has 0 saturated carbocycles. The minimum atomic E-state index is 0.304. The van der Waals surface area contributed by atoms with Crippen molar-refractivity contribution in [3.05, 3.63) is 29.8 Å². The number of nitrogen functional groups attached to an aromatic ring is 1. The molecule has 0 aliphatic carbocycles. The van der Waals surface area contributed by atoms with Crippen LogP contribution in [0.1, 0.15) is 5.56 Å². The Bertz CT molecular complexity index is 441. The molecule has 2 rings (SSSR count). The lowest BCUT2D eigenvalue weighted by Gasteiger charge is -2.00. The van der Waals surface area contributed by atoms with Gasteiger partial charge in [-0.2, -0.15) is 4.98 Å². The highest BCUT2D eigenvalue weighted by Crippen LogP contribution is 2.21. The van der Waals surface area contributed by atoms with Crippen LogP contribution in [-0.2, 0) is 0 Å². The van der Waals surface area contributed by atoms with Gasteiger partial charge in [-0.1, -0.05) is 12.1 Å². The van der Waals surface area contributed by atoms with E-state index in [0.717, 1.165) is 22.8 Å². The molecule has 0 radical (unpaired) electrons. The molecule has 4 nitrogen and oxygen atoms in total. The molecule has 14 heavy (non-hydrogen) atoms. The van der Waals surface area contributed by atoms with Crippen LogP contribution in [0.15, 0.2) is 24.3 Å². The van der Waals surface area contributed by atoms with Crippen molar-refractivity contribution in [2.24, 2.45) is 0 Å². The zero-order valence-corrected chi connectivity index (χ0v) is 8.41. The Hall–Kier alpha value is -1.62. The van der Waals surface area contributed by atoms with Crippen LogP contribution in [0.3, 0.4) is 0 Å². The van der Waals surface area contributed by atoms with Gasteiger partial charge in [0.05, 0.1) is 0 Å². The summed E-state index contributed by atoms with van der Waals surface area (Å²) in [4.78, 5) is 3.90. The SMILES string of the molecule is Cc1cccc(Oc2nsc(N)n2)c1. The molecule has 5 heteroatoms. The number of anilines is 1. The maximum Gasteiger partial charge on any atom is 0.335 e. The van der Waals surface area contributed by atoms with Crippen molar-refractivity contribution in [1.29, 1.82) is 0 Å². The quantitative estimate of drug-likeness (QED) is 0.820. The topological polar surface area (TPSA) is 61.0 Å². The first-order chi connectivity index (χ1) is 6.74. The highest BCUT2D eigenvalue weighted by molar-refractivity contribution is 7.09. The summed E-state index contributed by atoms with van der Waals surface area (Å²) in [5, 5.41) is 0.410. The Balaban J connectivity index is 2.18. The van der Waals surface area contributed by atoms with Crippen molar-refractivity contribution in [2.45, 2.75) is 6.92 Å². The average Bonchev–Trinajstić information content (AvgIpc) is 2.51. The maximum atomic E-state index is 5.43. The maximum absolute atomic E-state index is 5.43. The van der Waals surface area contributed by atoms with Gasteiger partial charge < -0.3 is 10.5 Å². The van der Waals surface area contributed by atoms with Crippen LogP contribution < -0.4 is 10.5 Å². The molecular weight excluding hydrogens is 198 g/mol. The van der Waals surface area contributed by atoms with Crippen LogP contribution in [0.4, 0.5) is 5.13 Å². The number of hydrogen-bond acceptors (Lipinski definition) is 5. The number of rotatable bonds is 2. The lowest BCUT2D eigenvalue weighted by molar-refractivity contribution is 0.450. The van der Waals surface area contributed by atoms with Gasteiger partial charge >= 0.3 is 6.01 Å². The summed E-state index contributed by atoms with van der Waals surface area (Å²) in [5.41, 5.74) is 6.56. The number of nitrogens with zero attached hydrogens (tertiary/aromatic N) is 2.